The fourth-order valence-electron chi connectivity index (χ4n) is 10.5. The third kappa shape index (κ3) is 75.4. The first-order chi connectivity index (χ1) is 50.7. The van der Waals surface area contributed by atoms with Crippen molar-refractivity contribution in [1.29, 1.82) is 0 Å². The molecule has 0 saturated carbocycles. The summed E-state index contributed by atoms with van der Waals surface area (Å²) in [6.07, 6.45) is 85.8. The molecule has 0 bridgehead atoms. The molecular formula is C85H144O17P2. The molecule has 0 aromatic rings. The zero-order valence-corrected chi connectivity index (χ0v) is 66.9. The van der Waals surface area contributed by atoms with Crippen molar-refractivity contribution in [3.05, 3.63) is 134 Å². The number of allylic oxidation sites excluding steroid dienone is 22. The van der Waals surface area contributed by atoms with Gasteiger partial charge in [0, 0.05) is 25.7 Å². The van der Waals surface area contributed by atoms with Gasteiger partial charge in [0.05, 0.1) is 26.4 Å². The first-order valence-electron chi connectivity index (χ1n) is 40.4. The Bertz CT molecular complexity index is 2490. The summed E-state index contributed by atoms with van der Waals surface area (Å²) in [6, 6.07) is 0. The summed E-state index contributed by atoms with van der Waals surface area (Å²) in [5, 5.41) is 10.6. The molecule has 17 nitrogen and oxygen atoms in total. The van der Waals surface area contributed by atoms with Crippen molar-refractivity contribution < 1.29 is 80.2 Å². The third-order valence-corrected chi connectivity index (χ3v) is 18.5. The minimum Gasteiger partial charge on any atom is -0.462 e. The van der Waals surface area contributed by atoms with E-state index in [1.807, 2.05) is 12.2 Å². The van der Waals surface area contributed by atoms with Gasteiger partial charge >= 0.3 is 39.5 Å². The van der Waals surface area contributed by atoms with Gasteiger partial charge in [-0.3, -0.25) is 37.3 Å². The Kier molecular flexibility index (Phi) is 72.9. The maximum Gasteiger partial charge on any atom is 0.472 e. The van der Waals surface area contributed by atoms with Crippen LogP contribution in [0.25, 0.3) is 0 Å². The van der Waals surface area contributed by atoms with Crippen molar-refractivity contribution in [3.63, 3.8) is 0 Å². The van der Waals surface area contributed by atoms with E-state index < -0.39 is 97.5 Å². The predicted octanol–water partition coefficient (Wildman–Crippen LogP) is 23.7. The van der Waals surface area contributed by atoms with Gasteiger partial charge in [-0.15, -0.1) is 0 Å². The number of aliphatic hydroxyl groups excluding tert-OH is 1. The van der Waals surface area contributed by atoms with Crippen LogP contribution in [0.5, 0.6) is 0 Å². The average molecular weight is 1500 g/mol. The highest BCUT2D eigenvalue weighted by Crippen LogP contribution is 2.45. The highest BCUT2D eigenvalue weighted by atomic mass is 31.2. The Morgan fingerprint density at radius 1 is 0.279 bits per heavy atom. The summed E-state index contributed by atoms with van der Waals surface area (Å²) in [6.45, 7) is 4.54. The molecule has 0 aromatic heterocycles. The number of phosphoric ester groups is 2. The lowest BCUT2D eigenvalue weighted by Gasteiger charge is -2.21. The molecule has 0 aliphatic rings. The van der Waals surface area contributed by atoms with Crippen molar-refractivity contribution in [3.8, 4) is 0 Å². The molecule has 0 amide bonds. The van der Waals surface area contributed by atoms with E-state index >= 15 is 0 Å². The third-order valence-electron chi connectivity index (χ3n) is 16.6. The van der Waals surface area contributed by atoms with Gasteiger partial charge in [0.2, 0.25) is 0 Å². The molecule has 596 valence electrons. The average Bonchev–Trinajstić information content (AvgIpc) is 0.917. The molecule has 0 saturated heterocycles. The number of esters is 4. The van der Waals surface area contributed by atoms with Crippen molar-refractivity contribution in [2.45, 2.75) is 341 Å². The van der Waals surface area contributed by atoms with E-state index in [2.05, 4.69) is 149 Å². The van der Waals surface area contributed by atoms with Crippen molar-refractivity contribution in [1.82, 2.24) is 0 Å². The van der Waals surface area contributed by atoms with E-state index in [4.69, 9.17) is 37.0 Å². The SMILES string of the molecule is CC/C=C\C/C=C\C/C=C\C/C=C\C/C=C\CCCC(=O)OC(COC(=O)CCCCCCCC/C=C\C/C=C\C/C=C\CCCCC)COP(=O)(O)OCC(O)COP(=O)(O)OCC(COC(=O)CCCCCCC/C=C\C/C=C\C/C=C\CC)OC(=O)CCCCCCCCCCCCCCC. The number of aliphatic hydroxyl groups is 1. The monoisotopic (exact) mass is 1500 g/mol. The lowest BCUT2D eigenvalue weighted by molar-refractivity contribution is -0.161. The topological polar surface area (TPSA) is 237 Å². The van der Waals surface area contributed by atoms with E-state index in [1.165, 1.54) is 70.6 Å². The van der Waals surface area contributed by atoms with Crippen LogP contribution in [0, 0.1) is 0 Å². The van der Waals surface area contributed by atoms with E-state index in [0.717, 1.165) is 167 Å². The first-order valence-corrected chi connectivity index (χ1v) is 43.4. The Morgan fingerprint density at radius 3 is 0.827 bits per heavy atom. The summed E-state index contributed by atoms with van der Waals surface area (Å²) in [4.78, 5) is 73.0. The number of carbonyl (C=O) groups is 4. The van der Waals surface area contributed by atoms with Gasteiger partial charge in [0.25, 0.3) is 0 Å². The van der Waals surface area contributed by atoms with Crippen LogP contribution >= 0.6 is 15.6 Å². The summed E-state index contributed by atoms with van der Waals surface area (Å²) >= 11 is 0. The van der Waals surface area contributed by atoms with Crippen LogP contribution in [-0.4, -0.2) is 96.7 Å². The van der Waals surface area contributed by atoms with Crippen LogP contribution in [0.4, 0.5) is 0 Å². The van der Waals surface area contributed by atoms with Gasteiger partial charge in [-0.2, -0.15) is 0 Å². The zero-order chi connectivity index (χ0) is 76.0. The number of hydrogen-bond donors (Lipinski definition) is 3. The Morgan fingerprint density at radius 2 is 0.510 bits per heavy atom. The lowest BCUT2D eigenvalue weighted by atomic mass is 10.0. The molecule has 104 heavy (non-hydrogen) atoms. The summed E-state index contributed by atoms with van der Waals surface area (Å²) < 4.78 is 68.6. The second-order valence-electron chi connectivity index (χ2n) is 26.6. The van der Waals surface area contributed by atoms with Crippen LogP contribution in [0.1, 0.15) is 323 Å². The van der Waals surface area contributed by atoms with E-state index in [1.54, 1.807) is 0 Å². The minimum atomic E-state index is -5.00. The molecule has 0 aliphatic heterocycles. The fourth-order valence-corrected chi connectivity index (χ4v) is 12.1. The van der Waals surface area contributed by atoms with Gasteiger partial charge in [-0.25, -0.2) is 9.13 Å². The quantitative estimate of drug-likeness (QED) is 0.0169. The smallest absolute Gasteiger partial charge is 0.462 e. The van der Waals surface area contributed by atoms with Crippen LogP contribution in [-0.2, 0) is 65.4 Å². The van der Waals surface area contributed by atoms with Gasteiger partial charge in [-0.05, 0) is 135 Å². The minimum absolute atomic E-state index is 0.0107. The van der Waals surface area contributed by atoms with E-state index in [9.17, 15) is 43.2 Å². The molecule has 3 N–H and O–H groups in total. The second kappa shape index (κ2) is 76.4. The fraction of sp³-hybridized carbons (Fsp3) is 0.694. The summed E-state index contributed by atoms with van der Waals surface area (Å²) in [7, 11) is -9.99. The van der Waals surface area contributed by atoms with Crippen LogP contribution in [0.3, 0.4) is 0 Å². The first kappa shape index (κ1) is 99.2. The second-order valence-corrected chi connectivity index (χ2v) is 29.5. The predicted molar refractivity (Wildman–Crippen MR) is 427 cm³/mol. The number of unbranched alkanes of at least 4 members (excludes halogenated alkanes) is 27. The molecule has 0 aliphatic carbocycles. The van der Waals surface area contributed by atoms with Gasteiger partial charge in [0.15, 0.2) is 12.2 Å². The highest BCUT2D eigenvalue weighted by Gasteiger charge is 2.30. The molecule has 0 fully saturated rings. The molecule has 0 radical (unpaired) electrons. The number of carbonyl (C=O) groups excluding carboxylic acids is 4. The zero-order valence-electron chi connectivity index (χ0n) is 65.2. The largest absolute Gasteiger partial charge is 0.472 e. The number of ether oxygens (including phenoxy) is 4. The summed E-state index contributed by atoms with van der Waals surface area (Å²) in [5.41, 5.74) is 0. The van der Waals surface area contributed by atoms with Crippen molar-refractivity contribution >= 4 is 39.5 Å². The van der Waals surface area contributed by atoms with E-state index in [0.29, 0.717) is 32.1 Å². The molecule has 19 heteroatoms. The maximum absolute atomic E-state index is 13.1. The molecule has 5 unspecified atom stereocenters. The number of hydrogen-bond acceptors (Lipinski definition) is 15. The number of phosphoric acid groups is 2. The van der Waals surface area contributed by atoms with E-state index in [-0.39, 0.29) is 25.7 Å². The molecular weight excluding hydrogens is 1350 g/mol. The normalized spacial score (nSPS) is 14.6. The molecule has 0 aromatic carbocycles. The molecule has 0 heterocycles. The maximum atomic E-state index is 13.1. The van der Waals surface area contributed by atoms with Gasteiger partial charge in [-0.1, -0.05) is 296 Å². The molecule has 0 rings (SSSR count). The Balaban J connectivity index is 5.43. The highest BCUT2D eigenvalue weighted by molar-refractivity contribution is 7.47. The Hall–Kier alpha value is -4.80. The van der Waals surface area contributed by atoms with Crippen LogP contribution in [0.15, 0.2) is 134 Å². The molecule has 5 atom stereocenters. The van der Waals surface area contributed by atoms with Crippen LogP contribution < -0.4 is 0 Å². The Labute approximate surface area is 631 Å². The van der Waals surface area contributed by atoms with Crippen molar-refractivity contribution in [2.75, 3.05) is 39.6 Å². The van der Waals surface area contributed by atoms with Crippen LogP contribution in [0.2, 0.25) is 0 Å². The van der Waals surface area contributed by atoms with Gasteiger partial charge < -0.3 is 33.8 Å². The van der Waals surface area contributed by atoms with Crippen molar-refractivity contribution in [2.24, 2.45) is 0 Å². The summed E-state index contributed by atoms with van der Waals surface area (Å²) in [5.74, 6) is -2.27. The lowest BCUT2D eigenvalue weighted by Crippen LogP contribution is -2.30. The standard InChI is InChI=1S/C85H144O17P2/c1-5-9-13-17-21-25-29-33-36-38-39-41-43-47-50-54-58-62-66-70-83(88)96-76-81(102-85(90)72-68-64-60-56-52-48-44-40-37-34-30-26-22-18-14-10-6-2)78-100-104(93,94)98-74-79(86)73-97-103(91,92)99-77-80(101-84(89)71-67-63-59-55-51-45-32-28-24-20-16-12-8-4)75-95-82(87)69-65-61-57-53-49-46-42-35-31-27-23-19-15-11-7-3/h10-11,14-15,21-23,25-27,33-37,39,41-42,44,48,56,60,79-81,86H,5-9,12-13,16-20,24,28-32,38,40,43,45-47,49-55,57-59,61-78H2,1-4H3,(H,91,92)(H,93,94)/b14-10-,15-11-,25-21-,26-22-,27-23-,36-33-,37-34-,41-39-,42-35-,48-44-,60-56-. The number of rotatable bonds is 75. The molecule has 0 spiro atoms. The van der Waals surface area contributed by atoms with Gasteiger partial charge in [0.1, 0.15) is 19.3 Å².